The molecule has 0 saturated heterocycles. The Kier molecular flexibility index (Phi) is 6.09. The van der Waals surface area contributed by atoms with Gasteiger partial charge in [-0.05, 0) is 36.9 Å². The predicted molar refractivity (Wildman–Crippen MR) is 69.2 cm³/mol. The Morgan fingerprint density at radius 2 is 2.12 bits per heavy atom. The fourth-order valence-corrected chi connectivity index (χ4v) is 1.93. The smallest absolute Gasteiger partial charge is 0.0541 e. The highest BCUT2D eigenvalue weighted by atomic mass is 14.9. The summed E-state index contributed by atoms with van der Waals surface area (Å²) in [5.74, 6) is 1.55. The number of hydrogen-bond acceptors (Lipinski definition) is 2. The lowest BCUT2D eigenvalue weighted by molar-refractivity contribution is 0.337. The first-order chi connectivity index (χ1) is 7.74. The molecule has 0 radical (unpaired) electrons. The van der Waals surface area contributed by atoms with E-state index in [9.17, 15) is 0 Å². The van der Waals surface area contributed by atoms with E-state index in [4.69, 9.17) is 0 Å². The molecule has 1 atom stereocenters. The first-order valence-corrected chi connectivity index (χ1v) is 6.34. The van der Waals surface area contributed by atoms with Crippen LogP contribution in [0.1, 0.15) is 39.3 Å². The van der Waals surface area contributed by atoms with Gasteiger partial charge >= 0.3 is 0 Å². The third-order valence-electron chi connectivity index (χ3n) is 3.04. The third kappa shape index (κ3) is 4.75. The van der Waals surface area contributed by atoms with Crippen LogP contribution in [0.4, 0.5) is 0 Å². The molecule has 90 valence electrons. The highest BCUT2D eigenvalue weighted by Crippen LogP contribution is 2.15. The Morgan fingerprint density at radius 3 is 2.69 bits per heavy atom. The van der Waals surface area contributed by atoms with Crippen LogP contribution in [-0.2, 0) is 6.54 Å². The summed E-state index contributed by atoms with van der Waals surface area (Å²) in [6.07, 6.45) is 4.43. The van der Waals surface area contributed by atoms with Gasteiger partial charge in [0, 0.05) is 12.7 Å². The van der Waals surface area contributed by atoms with Gasteiger partial charge in [0.05, 0.1) is 5.69 Å². The van der Waals surface area contributed by atoms with Crippen molar-refractivity contribution in [2.75, 3.05) is 6.54 Å². The molecular weight excluding hydrogens is 196 g/mol. The van der Waals surface area contributed by atoms with Crippen LogP contribution in [0.3, 0.4) is 0 Å². The average Bonchev–Trinajstić information content (AvgIpc) is 2.29. The summed E-state index contributed by atoms with van der Waals surface area (Å²) in [6, 6.07) is 6.06. The molecule has 0 aliphatic heterocycles. The summed E-state index contributed by atoms with van der Waals surface area (Å²) in [7, 11) is 0. The molecule has 1 N–H and O–H groups in total. The highest BCUT2D eigenvalue weighted by molar-refractivity contribution is 5.02. The van der Waals surface area contributed by atoms with Gasteiger partial charge in [-0.15, -0.1) is 0 Å². The van der Waals surface area contributed by atoms with Crippen LogP contribution < -0.4 is 5.32 Å². The standard InChI is InChI=1S/C14H24N2/c1-4-7-13(12(2)3)10-15-11-14-8-5-6-9-16-14/h5-6,8-9,12-13,15H,4,7,10-11H2,1-3H3/t13-/m0/s1. The van der Waals surface area contributed by atoms with E-state index in [-0.39, 0.29) is 0 Å². The fourth-order valence-electron chi connectivity index (χ4n) is 1.93. The minimum Gasteiger partial charge on any atom is -0.311 e. The zero-order valence-corrected chi connectivity index (χ0v) is 10.7. The van der Waals surface area contributed by atoms with Gasteiger partial charge in [0.15, 0.2) is 0 Å². The van der Waals surface area contributed by atoms with E-state index >= 15 is 0 Å². The summed E-state index contributed by atoms with van der Waals surface area (Å²) in [5, 5.41) is 3.51. The number of hydrogen-bond donors (Lipinski definition) is 1. The first kappa shape index (κ1) is 13.2. The normalized spacial score (nSPS) is 13.0. The minimum absolute atomic E-state index is 0.760. The summed E-state index contributed by atoms with van der Waals surface area (Å²) >= 11 is 0. The lowest BCUT2D eigenvalue weighted by Crippen LogP contribution is -2.26. The number of pyridine rings is 1. The molecule has 1 aromatic rings. The number of nitrogens with one attached hydrogen (secondary N) is 1. The van der Waals surface area contributed by atoms with Gasteiger partial charge in [-0.1, -0.05) is 33.3 Å². The summed E-state index contributed by atoms with van der Waals surface area (Å²) < 4.78 is 0. The van der Waals surface area contributed by atoms with Gasteiger partial charge in [0.2, 0.25) is 0 Å². The van der Waals surface area contributed by atoms with Crippen molar-refractivity contribution in [1.82, 2.24) is 10.3 Å². The van der Waals surface area contributed by atoms with Crippen LogP contribution in [-0.4, -0.2) is 11.5 Å². The number of aromatic nitrogens is 1. The highest BCUT2D eigenvalue weighted by Gasteiger charge is 2.11. The molecular formula is C14H24N2. The largest absolute Gasteiger partial charge is 0.311 e. The minimum atomic E-state index is 0.760. The topological polar surface area (TPSA) is 24.9 Å². The molecule has 0 aliphatic rings. The Balaban J connectivity index is 2.28. The van der Waals surface area contributed by atoms with E-state index in [1.807, 2.05) is 18.3 Å². The second-order valence-corrected chi connectivity index (χ2v) is 4.74. The van der Waals surface area contributed by atoms with Crippen LogP contribution >= 0.6 is 0 Å². The van der Waals surface area contributed by atoms with E-state index in [0.717, 1.165) is 30.6 Å². The lowest BCUT2D eigenvalue weighted by Gasteiger charge is -2.20. The maximum Gasteiger partial charge on any atom is 0.0541 e. The van der Waals surface area contributed by atoms with Crippen molar-refractivity contribution in [3.63, 3.8) is 0 Å². The van der Waals surface area contributed by atoms with E-state index < -0.39 is 0 Å². The van der Waals surface area contributed by atoms with Gasteiger partial charge in [-0.2, -0.15) is 0 Å². The van der Waals surface area contributed by atoms with Gasteiger partial charge < -0.3 is 5.32 Å². The van der Waals surface area contributed by atoms with Crippen LogP contribution in [0.15, 0.2) is 24.4 Å². The van der Waals surface area contributed by atoms with Crippen LogP contribution in [0.5, 0.6) is 0 Å². The maximum atomic E-state index is 4.30. The van der Waals surface area contributed by atoms with Crippen LogP contribution in [0, 0.1) is 11.8 Å². The van der Waals surface area contributed by atoms with E-state index in [1.54, 1.807) is 0 Å². The van der Waals surface area contributed by atoms with Crippen LogP contribution in [0.25, 0.3) is 0 Å². The Hall–Kier alpha value is -0.890. The maximum absolute atomic E-state index is 4.30. The summed E-state index contributed by atoms with van der Waals surface area (Å²) in [4.78, 5) is 4.30. The molecule has 16 heavy (non-hydrogen) atoms. The molecule has 1 rings (SSSR count). The van der Waals surface area contributed by atoms with E-state index in [0.29, 0.717) is 0 Å². The molecule has 0 amide bonds. The number of nitrogens with zero attached hydrogens (tertiary/aromatic N) is 1. The third-order valence-corrected chi connectivity index (χ3v) is 3.04. The first-order valence-electron chi connectivity index (χ1n) is 6.34. The van der Waals surface area contributed by atoms with Crippen molar-refractivity contribution in [3.8, 4) is 0 Å². The molecule has 0 saturated carbocycles. The second kappa shape index (κ2) is 7.39. The van der Waals surface area contributed by atoms with E-state index in [2.05, 4.69) is 37.1 Å². The SMILES string of the molecule is CCC[C@@H](CNCc1ccccn1)C(C)C. The zero-order chi connectivity index (χ0) is 11.8. The molecule has 0 aliphatic carbocycles. The molecule has 1 aromatic heterocycles. The van der Waals surface area contributed by atoms with Gasteiger partial charge in [-0.3, -0.25) is 4.98 Å². The van der Waals surface area contributed by atoms with Crippen molar-refractivity contribution in [2.24, 2.45) is 11.8 Å². The molecule has 0 unspecified atom stereocenters. The molecule has 2 heteroatoms. The average molecular weight is 220 g/mol. The summed E-state index contributed by atoms with van der Waals surface area (Å²) in [5.41, 5.74) is 1.13. The van der Waals surface area contributed by atoms with Crippen LogP contribution in [0.2, 0.25) is 0 Å². The number of rotatable bonds is 7. The fraction of sp³-hybridized carbons (Fsp3) is 0.643. The van der Waals surface area contributed by atoms with Gasteiger partial charge in [0.25, 0.3) is 0 Å². The zero-order valence-electron chi connectivity index (χ0n) is 10.7. The molecule has 2 nitrogen and oxygen atoms in total. The lowest BCUT2D eigenvalue weighted by atomic mass is 9.91. The predicted octanol–water partition coefficient (Wildman–Crippen LogP) is 3.24. The Bertz CT molecular complexity index is 269. The summed E-state index contributed by atoms with van der Waals surface area (Å²) in [6.45, 7) is 8.86. The molecule has 0 spiro atoms. The monoisotopic (exact) mass is 220 g/mol. The van der Waals surface area contributed by atoms with Crippen molar-refractivity contribution >= 4 is 0 Å². The second-order valence-electron chi connectivity index (χ2n) is 4.74. The quantitative estimate of drug-likeness (QED) is 0.763. The van der Waals surface area contributed by atoms with Crippen molar-refractivity contribution in [3.05, 3.63) is 30.1 Å². The molecule has 1 heterocycles. The van der Waals surface area contributed by atoms with Gasteiger partial charge in [-0.25, -0.2) is 0 Å². The Labute approximate surface area is 99.5 Å². The van der Waals surface area contributed by atoms with Crippen molar-refractivity contribution in [2.45, 2.75) is 40.2 Å². The van der Waals surface area contributed by atoms with Gasteiger partial charge in [0.1, 0.15) is 0 Å². The Morgan fingerprint density at radius 1 is 1.31 bits per heavy atom. The van der Waals surface area contributed by atoms with Crippen molar-refractivity contribution in [1.29, 1.82) is 0 Å². The molecule has 0 fully saturated rings. The van der Waals surface area contributed by atoms with Crippen molar-refractivity contribution < 1.29 is 0 Å². The molecule has 0 bridgehead atoms. The molecule has 0 aromatic carbocycles. The van der Waals surface area contributed by atoms with E-state index in [1.165, 1.54) is 12.8 Å².